The van der Waals surface area contributed by atoms with E-state index >= 15 is 0 Å². The van der Waals surface area contributed by atoms with Crippen molar-refractivity contribution < 1.29 is 4.74 Å². The minimum absolute atomic E-state index is 0.0981. The Balaban J connectivity index is 2.28. The molecule has 1 aromatic rings. The highest BCUT2D eigenvalue weighted by Crippen LogP contribution is 2.30. The largest absolute Gasteiger partial charge is 0.496 e. The molecule has 0 saturated carbocycles. The summed E-state index contributed by atoms with van der Waals surface area (Å²) in [6.07, 6.45) is 4.36. The summed E-state index contributed by atoms with van der Waals surface area (Å²) in [4.78, 5) is 0. The highest BCUT2D eigenvalue weighted by Gasteiger charge is 2.19. The van der Waals surface area contributed by atoms with Gasteiger partial charge in [-0.25, -0.2) is 0 Å². The Morgan fingerprint density at radius 3 is 2.94 bits per heavy atom. The van der Waals surface area contributed by atoms with E-state index in [0.717, 1.165) is 46.8 Å². The van der Waals surface area contributed by atoms with E-state index in [4.69, 9.17) is 16.3 Å². The molecule has 1 heterocycles. The van der Waals surface area contributed by atoms with E-state index in [1.807, 2.05) is 12.1 Å². The number of benzene rings is 1. The van der Waals surface area contributed by atoms with Crippen LogP contribution in [-0.4, -0.2) is 13.2 Å². The van der Waals surface area contributed by atoms with E-state index < -0.39 is 0 Å². The molecule has 18 heavy (non-hydrogen) atoms. The van der Waals surface area contributed by atoms with Gasteiger partial charge < -0.3 is 10.1 Å². The van der Waals surface area contributed by atoms with E-state index in [9.17, 15) is 0 Å². The zero-order valence-corrected chi connectivity index (χ0v) is 12.7. The van der Waals surface area contributed by atoms with Gasteiger partial charge in [0, 0.05) is 4.47 Å². The van der Waals surface area contributed by atoms with Crippen LogP contribution >= 0.6 is 27.5 Å². The van der Waals surface area contributed by atoms with Crippen molar-refractivity contribution in [3.63, 3.8) is 0 Å². The lowest BCUT2D eigenvalue weighted by Gasteiger charge is -2.25. The first-order chi connectivity index (χ1) is 8.72. The SMILES string of the molecule is CCNC(C1=CCCCO1)c1ccc(Br)c(Cl)c1. The molecule has 1 aliphatic heterocycles. The zero-order chi connectivity index (χ0) is 13.0. The lowest BCUT2D eigenvalue weighted by molar-refractivity contribution is 0.168. The first-order valence-corrected chi connectivity index (χ1v) is 7.40. The molecular formula is C14H17BrClNO. The molecule has 98 valence electrons. The minimum atomic E-state index is 0.0981. The highest BCUT2D eigenvalue weighted by atomic mass is 79.9. The van der Waals surface area contributed by atoms with Crippen LogP contribution in [0.2, 0.25) is 5.02 Å². The summed E-state index contributed by atoms with van der Waals surface area (Å²) in [5, 5.41) is 4.18. The van der Waals surface area contributed by atoms with Gasteiger partial charge in [-0.2, -0.15) is 0 Å². The molecule has 0 aromatic heterocycles. The van der Waals surface area contributed by atoms with Gasteiger partial charge in [0.15, 0.2) is 0 Å². The van der Waals surface area contributed by atoms with Crippen LogP contribution < -0.4 is 5.32 Å². The Hall–Kier alpha value is -0.510. The van der Waals surface area contributed by atoms with E-state index in [1.165, 1.54) is 0 Å². The van der Waals surface area contributed by atoms with Gasteiger partial charge in [-0.3, -0.25) is 0 Å². The molecule has 0 radical (unpaired) electrons. The van der Waals surface area contributed by atoms with Gasteiger partial charge in [-0.05, 0) is 59.1 Å². The van der Waals surface area contributed by atoms with Crippen molar-refractivity contribution >= 4 is 27.5 Å². The third-order valence-electron chi connectivity index (χ3n) is 2.93. The fraction of sp³-hybridized carbons (Fsp3) is 0.429. The minimum Gasteiger partial charge on any atom is -0.496 e. The summed E-state index contributed by atoms with van der Waals surface area (Å²) in [6.45, 7) is 3.79. The Morgan fingerprint density at radius 1 is 1.50 bits per heavy atom. The fourth-order valence-electron chi connectivity index (χ4n) is 2.06. The monoisotopic (exact) mass is 329 g/mol. The quantitative estimate of drug-likeness (QED) is 0.881. The number of hydrogen-bond donors (Lipinski definition) is 1. The summed E-state index contributed by atoms with van der Waals surface area (Å²) in [5.74, 6) is 1.02. The molecule has 1 unspecified atom stereocenters. The number of hydrogen-bond acceptors (Lipinski definition) is 2. The van der Waals surface area contributed by atoms with Gasteiger partial charge in [0.1, 0.15) is 5.76 Å². The number of rotatable bonds is 4. The molecule has 1 aliphatic rings. The third-order valence-corrected chi connectivity index (χ3v) is 4.16. The van der Waals surface area contributed by atoms with Crippen LogP contribution in [0.15, 0.2) is 34.5 Å². The molecular weight excluding hydrogens is 314 g/mol. The summed E-state index contributed by atoms with van der Waals surface area (Å²) < 4.78 is 6.68. The van der Waals surface area contributed by atoms with Crippen LogP contribution in [0.1, 0.15) is 31.4 Å². The third kappa shape index (κ3) is 3.28. The van der Waals surface area contributed by atoms with Crippen molar-refractivity contribution in [3.05, 3.63) is 45.1 Å². The van der Waals surface area contributed by atoms with Gasteiger partial charge in [0.2, 0.25) is 0 Å². The second-order valence-electron chi connectivity index (χ2n) is 4.26. The lowest BCUT2D eigenvalue weighted by Crippen LogP contribution is -2.25. The molecule has 0 aliphatic carbocycles. The second kappa shape index (κ2) is 6.60. The van der Waals surface area contributed by atoms with E-state index in [0.29, 0.717) is 0 Å². The first kappa shape index (κ1) is 13.9. The van der Waals surface area contributed by atoms with Gasteiger partial charge >= 0.3 is 0 Å². The summed E-state index contributed by atoms with van der Waals surface area (Å²) in [7, 11) is 0. The lowest BCUT2D eigenvalue weighted by atomic mass is 10.0. The average molecular weight is 331 g/mol. The number of nitrogens with one attached hydrogen (secondary N) is 1. The molecule has 0 amide bonds. The van der Waals surface area contributed by atoms with Crippen LogP contribution in [0.3, 0.4) is 0 Å². The second-order valence-corrected chi connectivity index (χ2v) is 5.52. The Morgan fingerprint density at radius 2 is 2.33 bits per heavy atom. The molecule has 0 spiro atoms. The predicted octanol–water partition coefficient (Wildman–Crippen LogP) is 4.45. The normalized spacial score (nSPS) is 16.9. The first-order valence-electron chi connectivity index (χ1n) is 6.23. The van der Waals surface area contributed by atoms with Crippen molar-refractivity contribution in [3.8, 4) is 0 Å². The number of likely N-dealkylation sites (N-methyl/N-ethyl adjacent to an activating group) is 1. The number of halogens is 2. The van der Waals surface area contributed by atoms with Gasteiger partial charge in [-0.15, -0.1) is 0 Å². The Kier molecular flexibility index (Phi) is 5.10. The van der Waals surface area contributed by atoms with Crippen LogP contribution in [-0.2, 0) is 4.74 Å². The molecule has 1 N–H and O–H groups in total. The van der Waals surface area contributed by atoms with Gasteiger partial charge in [0.05, 0.1) is 17.7 Å². The van der Waals surface area contributed by atoms with E-state index in [1.54, 1.807) is 0 Å². The Labute approximate surface area is 121 Å². The van der Waals surface area contributed by atoms with Gasteiger partial charge in [0.25, 0.3) is 0 Å². The number of allylic oxidation sites excluding steroid dienone is 1. The Bertz CT molecular complexity index is 447. The summed E-state index contributed by atoms with van der Waals surface area (Å²) in [6, 6.07) is 6.13. The summed E-state index contributed by atoms with van der Waals surface area (Å²) >= 11 is 9.58. The van der Waals surface area contributed by atoms with Crippen molar-refractivity contribution in [1.29, 1.82) is 0 Å². The molecule has 2 nitrogen and oxygen atoms in total. The smallest absolute Gasteiger partial charge is 0.113 e. The number of ether oxygens (including phenoxy) is 1. The molecule has 4 heteroatoms. The molecule has 1 aromatic carbocycles. The molecule has 0 saturated heterocycles. The van der Waals surface area contributed by atoms with Crippen molar-refractivity contribution in [2.24, 2.45) is 0 Å². The van der Waals surface area contributed by atoms with Crippen molar-refractivity contribution in [2.75, 3.05) is 13.2 Å². The molecule has 0 bridgehead atoms. The van der Waals surface area contributed by atoms with Gasteiger partial charge in [-0.1, -0.05) is 24.6 Å². The van der Waals surface area contributed by atoms with Crippen LogP contribution in [0.25, 0.3) is 0 Å². The fourth-order valence-corrected chi connectivity index (χ4v) is 2.49. The summed E-state index contributed by atoms with van der Waals surface area (Å²) in [5.41, 5.74) is 1.14. The topological polar surface area (TPSA) is 21.3 Å². The van der Waals surface area contributed by atoms with Crippen LogP contribution in [0.5, 0.6) is 0 Å². The van der Waals surface area contributed by atoms with E-state index in [2.05, 4.69) is 40.3 Å². The standard InChI is InChI=1S/C14H17BrClNO/c1-2-17-14(13-5-3-4-8-18-13)10-6-7-11(15)12(16)9-10/h5-7,9,14,17H,2-4,8H2,1H3. The maximum Gasteiger partial charge on any atom is 0.113 e. The highest BCUT2D eigenvalue weighted by molar-refractivity contribution is 9.10. The average Bonchev–Trinajstić information content (AvgIpc) is 2.40. The maximum absolute atomic E-state index is 6.16. The zero-order valence-electron chi connectivity index (χ0n) is 10.4. The molecule has 0 fully saturated rings. The van der Waals surface area contributed by atoms with Crippen LogP contribution in [0.4, 0.5) is 0 Å². The van der Waals surface area contributed by atoms with Crippen molar-refractivity contribution in [1.82, 2.24) is 5.32 Å². The van der Waals surface area contributed by atoms with Crippen molar-refractivity contribution in [2.45, 2.75) is 25.8 Å². The van der Waals surface area contributed by atoms with Crippen LogP contribution in [0, 0.1) is 0 Å². The molecule has 1 atom stereocenters. The van der Waals surface area contributed by atoms with E-state index in [-0.39, 0.29) is 6.04 Å². The predicted molar refractivity (Wildman–Crippen MR) is 78.8 cm³/mol. The molecule has 2 rings (SSSR count). The maximum atomic E-state index is 6.16.